The second-order valence-corrected chi connectivity index (χ2v) is 8.58. The Bertz CT molecular complexity index is 1220. The van der Waals surface area contributed by atoms with Crippen LogP contribution in [0.15, 0.2) is 39.6 Å². The molecular weight excluding hydrogens is 442 g/mol. The molecule has 11 heteroatoms. The van der Waals surface area contributed by atoms with Crippen LogP contribution in [0.2, 0.25) is 0 Å². The summed E-state index contributed by atoms with van der Waals surface area (Å²) in [6, 6.07) is 6.75. The SMILES string of the molecule is O=c1c(C(F)(F)F)cc(C2CC2)nn1CN1CCCC(c2nc(-c3cccc(F)c3)no2)C1. The van der Waals surface area contributed by atoms with E-state index >= 15 is 0 Å². The van der Waals surface area contributed by atoms with Crippen LogP contribution in [0, 0.1) is 5.82 Å². The minimum atomic E-state index is -4.73. The van der Waals surface area contributed by atoms with Crippen molar-refractivity contribution in [3.8, 4) is 11.4 Å². The van der Waals surface area contributed by atoms with E-state index in [2.05, 4.69) is 15.2 Å². The Balaban J connectivity index is 1.35. The predicted octanol–water partition coefficient (Wildman–Crippen LogP) is 4.17. The average Bonchev–Trinajstić information content (AvgIpc) is 3.50. The van der Waals surface area contributed by atoms with Gasteiger partial charge in [0, 0.05) is 18.0 Å². The van der Waals surface area contributed by atoms with Crippen LogP contribution in [0.4, 0.5) is 17.6 Å². The van der Waals surface area contributed by atoms with Gasteiger partial charge in [0.15, 0.2) is 0 Å². The molecule has 0 radical (unpaired) electrons. The summed E-state index contributed by atoms with van der Waals surface area (Å²) in [5.74, 6) is 0.0605. The van der Waals surface area contributed by atoms with Gasteiger partial charge in [-0.2, -0.15) is 23.3 Å². The van der Waals surface area contributed by atoms with Crippen molar-refractivity contribution in [2.45, 2.75) is 50.4 Å². The number of rotatable bonds is 5. The highest BCUT2D eigenvalue weighted by Gasteiger charge is 2.38. The maximum atomic E-state index is 13.5. The molecule has 33 heavy (non-hydrogen) atoms. The van der Waals surface area contributed by atoms with Crippen LogP contribution < -0.4 is 5.56 Å². The van der Waals surface area contributed by atoms with Gasteiger partial charge in [-0.25, -0.2) is 9.07 Å². The molecular formula is C22H21F4N5O2. The third-order valence-electron chi connectivity index (χ3n) is 6.01. The fourth-order valence-corrected chi connectivity index (χ4v) is 4.16. The van der Waals surface area contributed by atoms with Crippen molar-refractivity contribution >= 4 is 0 Å². The fourth-order valence-electron chi connectivity index (χ4n) is 4.16. The van der Waals surface area contributed by atoms with Crippen molar-refractivity contribution in [1.82, 2.24) is 24.8 Å². The quantitative estimate of drug-likeness (QED) is 0.529. The van der Waals surface area contributed by atoms with Crippen LogP contribution in [0.25, 0.3) is 11.4 Å². The zero-order chi connectivity index (χ0) is 23.2. The highest BCUT2D eigenvalue weighted by molar-refractivity contribution is 5.53. The summed E-state index contributed by atoms with van der Waals surface area (Å²) >= 11 is 0. The molecule has 1 aromatic carbocycles. The lowest BCUT2D eigenvalue weighted by Gasteiger charge is -2.31. The molecule has 2 fully saturated rings. The maximum absolute atomic E-state index is 13.5. The van der Waals surface area contributed by atoms with Crippen LogP contribution in [0.1, 0.15) is 54.7 Å². The zero-order valence-corrected chi connectivity index (χ0v) is 17.6. The third kappa shape index (κ3) is 4.68. The Morgan fingerprint density at radius 3 is 2.67 bits per heavy atom. The van der Waals surface area contributed by atoms with E-state index in [0.717, 1.165) is 36.4 Å². The Labute approximate surface area is 186 Å². The number of halogens is 4. The lowest BCUT2D eigenvalue weighted by Crippen LogP contribution is -2.41. The van der Waals surface area contributed by atoms with Crippen LogP contribution >= 0.6 is 0 Å². The van der Waals surface area contributed by atoms with E-state index in [0.29, 0.717) is 30.2 Å². The van der Waals surface area contributed by atoms with Crippen molar-refractivity contribution in [2.75, 3.05) is 13.1 Å². The molecule has 1 aliphatic carbocycles. The first-order valence-electron chi connectivity index (χ1n) is 10.8. The second-order valence-electron chi connectivity index (χ2n) is 8.58. The molecule has 0 spiro atoms. The summed E-state index contributed by atoms with van der Waals surface area (Å²) in [7, 11) is 0. The topological polar surface area (TPSA) is 77.1 Å². The van der Waals surface area contributed by atoms with Crippen LogP contribution in [0.3, 0.4) is 0 Å². The molecule has 0 N–H and O–H groups in total. The fraction of sp³-hybridized carbons (Fsp3) is 0.455. The van der Waals surface area contributed by atoms with Gasteiger partial charge in [-0.1, -0.05) is 17.3 Å². The van der Waals surface area contributed by atoms with E-state index in [9.17, 15) is 22.4 Å². The van der Waals surface area contributed by atoms with E-state index in [1.165, 1.54) is 12.1 Å². The van der Waals surface area contributed by atoms with E-state index in [1.807, 2.05) is 4.90 Å². The predicted molar refractivity (Wildman–Crippen MR) is 109 cm³/mol. The smallest absolute Gasteiger partial charge is 0.339 e. The number of aromatic nitrogens is 4. The molecule has 7 nitrogen and oxygen atoms in total. The molecule has 1 atom stereocenters. The summed E-state index contributed by atoms with van der Waals surface area (Å²) in [6.45, 7) is 0.974. The summed E-state index contributed by atoms with van der Waals surface area (Å²) in [5, 5.41) is 8.17. The second kappa shape index (κ2) is 8.36. The average molecular weight is 463 g/mol. The maximum Gasteiger partial charge on any atom is 0.421 e. The zero-order valence-electron chi connectivity index (χ0n) is 17.6. The first-order chi connectivity index (χ1) is 15.8. The van der Waals surface area contributed by atoms with Gasteiger partial charge in [0.2, 0.25) is 11.7 Å². The van der Waals surface area contributed by atoms with Gasteiger partial charge in [0.25, 0.3) is 5.56 Å². The molecule has 3 heterocycles. The van der Waals surface area contributed by atoms with Gasteiger partial charge < -0.3 is 4.52 Å². The van der Waals surface area contributed by atoms with Crippen LogP contribution in [-0.2, 0) is 12.8 Å². The van der Waals surface area contributed by atoms with Crippen molar-refractivity contribution in [1.29, 1.82) is 0 Å². The third-order valence-corrected chi connectivity index (χ3v) is 6.01. The Morgan fingerprint density at radius 1 is 1.12 bits per heavy atom. The largest absolute Gasteiger partial charge is 0.421 e. The number of benzene rings is 1. The summed E-state index contributed by atoms with van der Waals surface area (Å²) < 4.78 is 60.1. The molecule has 0 bridgehead atoms. The number of hydrogen-bond donors (Lipinski definition) is 0. The van der Waals surface area contributed by atoms with Crippen molar-refractivity contribution < 1.29 is 22.1 Å². The summed E-state index contributed by atoms with van der Waals surface area (Å²) in [5.41, 5.74) is -1.51. The van der Waals surface area contributed by atoms with Crippen molar-refractivity contribution in [2.24, 2.45) is 0 Å². The lowest BCUT2D eigenvalue weighted by molar-refractivity contribution is -0.139. The van der Waals surface area contributed by atoms with E-state index in [1.54, 1.807) is 12.1 Å². The summed E-state index contributed by atoms with van der Waals surface area (Å²) in [4.78, 5) is 18.8. The lowest BCUT2D eigenvalue weighted by atomic mass is 9.98. The normalized spacial score (nSPS) is 19.7. The van der Waals surface area contributed by atoms with E-state index in [4.69, 9.17) is 4.52 Å². The van der Waals surface area contributed by atoms with Gasteiger partial charge in [0.1, 0.15) is 11.4 Å². The molecule has 3 aromatic rings. The molecule has 5 rings (SSSR count). The molecule has 2 aromatic heterocycles. The highest BCUT2D eigenvalue weighted by atomic mass is 19.4. The Kier molecular flexibility index (Phi) is 5.51. The monoisotopic (exact) mass is 463 g/mol. The minimum Gasteiger partial charge on any atom is -0.339 e. The first-order valence-corrected chi connectivity index (χ1v) is 10.8. The number of nitrogens with zero attached hydrogens (tertiary/aromatic N) is 5. The standard InChI is InChI=1S/C22H21F4N5O2/c23-16-5-1-3-14(9-16)19-27-20(33-29-19)15-4-2-8-30(11-15)12-31-21(32)17(22(24,25)26)10-18(28-31)13-6-7-13/h1,3,5,9-10,13,15H,2,4,6-8,11-12H2. The Hall–Kier alpha value is -3.08. The minimum absolute atomic E-state index is 0.0216. The van der Waals surface area contributed by atoms with Crippen molar-refractivity contribution in [3.63, 3.8) is 0 Å². The van der Waals surface area contributed by atoms with Crippen molar-refractivity contribution in [3.05, 3.63) is 63.7 Å². The molecule has 1 unspecified atom stereocenters. The molecule has 0 amide bonds. The van der Waals surface area contributed by atoms with Gasteiger partial charge in [-0.3, -0.25) is 9.69 Å². The number of alkyl halides is 3. The highest BCUT2D eigenvalue weighted by Crippen LogP contribution is 2.40. The van der Waals surface area contributed by atoms with Crippen LogP contribution in [-0.4, -0.2) is 37.9 Å². The van der Waals surface area contributed by atoms with E-state index in [-0.39, 0.29) is 24.3 Å². The van der Waals surface area contributed by atoms with E-state index < -0.39 is 23.1 Å². The van der Waals surface area contributed by atoms with Crippen LogP contribution in [0.5, 0.6) is 0 Å². The first kappa shape index (κ1) is 21.7. The van der Waals surface area contributed by atoms with Gasteiger partial charge in [0.05, 0.1) is 18.3 Å². The number of hydrogen-bond acceptors (Lipinski definition) is 6. The summed E-state index contributed by atoms with van der Waals surface area (Å²) in [6.07, 6.45) is -1.68. The Morgan fingerprint density at radius 2 is 1.94 bits per heavy atom. The van der Waals surface area contributed by atoms with Gasteiger partial charge in [-0.15, -0.1) is 0 Å². The molecule has 174 valence electrons. The molecule has 1 saturated heterocycles. The molecule has 2 aliphatic rings. The van der Waals surface area contributed by atoms with Gasteiger partial charge in [-0.05, 0) is 50.4 Å². The van der Waals surface area contributed by atoms with Gasteiger partial charge >= 0.3 is 6.18 Å². The number of piperidine rings is 1. The molecule has 1 saturated carbocycles. The molecule has 1 aliphatic heterocycles. The number of likely N-dealkylation sites (tertiary alicyclic amines) is 1.